The highest BCUT2D eigenvalue weighted by molar-refractivity contribution is 5.78. The van der Waals surface area contributed by atoms with Crippen LogP contribution in [0.3, 0.4) is 0 Å². The van der Waals surface area contributed by atoms with Crippen LogP contribution in [-0.2, 0) is 22.4 Å². The van der Waals surface area contributed by atoms with E-state index >= 15 is 0 Å². The van der Waals surface area contributed by atoms with Gasteiger partial charge in [0.05, 0.1) is 25.3 Å². The lowest BCUT2D eigenvalue weighted by Gasteiger charge is -2.31. The van der Waals surface area contributed by atoms with E-state index in [1.54, 1.807) is 0 Å². The maximum absolute atomic E-state index is 12.6. The number of H-pyrrole nitrogens is 1. The third kappa shape index (κ3) is 3.64. The smallest absolute Gasteiger partial charge is 0.228 e. The van der Waals surface area contributed by atoms with E-state index in [1.807, 2.05) is 28.8 Å². The maximum Gasteiger partial charge on any atom is 0.228 e. The van der Waals surface area contributed by atoms with E-state index in [4.69, 9.17) is 4.74 Å². The number of morpholine rings is 1. The lowest BCUT2D eigenvalue weighted by Crippen LogP contribution is -2.43. The molecule has 1 atom stereocenters. The summed E-state index contributed by atoms with van der Waals surface area (Å²) >= 11 is 0. The van der Waals surface area contributed by atoms with Gasteiger partial charge < -0.3 is 9.64 Å². The van der Waals surface area contributed by atoms with E-state index in [0.717, 1.165) is 17.9 Å². The van der Waals surface area contributed by atoms with Gasteiger partial charge >= 0.3 is 0 Å². The van der Waals surface area contributed by atoms with Crippen LogP contribution in [0.2, 0.25) is 0 Å². The quantitative estimate of drug-likeness (QED) is 0.891. The zero-order valence-electron chi connectivity index (χ0n) is 14.4. The van der Waals surface area contributed by atoms with E-state index in [1.165, 1.54) is 0 Å². The predicted octanol–water partition coefficient (Wildman–Crippen LogP) is 1.29. The molecule has 24 heavy (non-hydrogen) atoms. The minimum absolute atomic E-state index is 0.0588. The number of ether oxygens (including phenoxy) is 1. The number of amides is 1. The van der Waals surface area contributed by atoms with Crippen LogP contribution in [0.4, 0.5) is 0 Å². The van der Waals surface area contributed by atoms with Crippen molar-refractivity contribution in [1.82, 2.24) is 29.9 Å². The van der Waals surface area contributed by atoms with Crippen LogP contribution in [0.25, 0.3) is 0 Å². The number of nitrogens with one attached hydrogen (secondary N) is 1. The third-order valence-corrected chi connectivity index (χ3v) is 4.12. The summed E-state index contributed by atoms with van der Waals surface area (Å²) in [4.78, 5) is 18.8. The Morgan fingerprint density at radius 2 is 2.33 bits per heavy atom. The van der Waals surface area contributed by atoms with E-state index in [9.17, 15) is 4.79 Å². The van der Waals surface area contributed by atoms with Gasteiger partial charge in [0.1, 0.15) is 11.9 Å². The van der Waals surface area contributed by atoms with Gasteiger partial charge in [0.15, 0.2) is 5.82 Å². The first-order valence-electron chi connectivity index (χ1n) is 8.41. The van der Waals surface area contributed by atoms with E-state index in [2.05, 4.69) is 34.1 Å². The molecule has 0 saturated carbocycles. The Labute approximate surface area is 141 Å². The molecule has 1 aliphatic heterocycles. The molecule has 0 bridgehead atoms. The summed E-state index contributed by atoms with van der Waals surface area (Å²) in [6.07, 6.45) is 2.74. The highest BCUT2D eigenvalue weighted by Gasteiger charge is 2.28. The average Bonchev–Trinajstić information content (AvgIpc) is 3.24. The summed E-state index contributed by atoms with van der Waals surface area (Å²) in [7, 11) is 0. The van der Waals surface area contributed by atoms with Gasteiger partial charge in [-0.2, -0.15) is 10.2 Å². The molecule has 1 fully saturated rings. The number of carbonyl (C=O) groups is 1. The second kappa shape index (κ2) is 7.12. The first-order chi connectivity index (χ1) is 11.6. The number of hydrogen-bond donors (Lipinski definition) is 1. The molecule has 2 aromatic heterocycles. The minimum atomic E-state index is -0.271. The second-order valence-electron chi connectivity index (χ2n) is 6.25. The van der Waals surface area contributed by atoms with Crippen LogP contribution in [0.1, 0.15) is 50.3 Å². The molecule has 0 radical (unpaired) electrons. The molecule has 0 aliphatic carbocycles. The van der Waals surface area contributed by atoms with Gasteiger partial charge in [0.2, 0.25) is 5.91 Å². The summed E-state index contributed by atoms with van der Waals surface area (Å²) in [6.45, 7) is 7.69. The van der Waals surface area contributed by atoms with Crippen molar-refractivity contribution in [3.63, 3.8) is 0 Å². The Balaban J connectivity index is 1.62. The average molecular weight is 332 g/mol. The van der Waals surface area contributed by atoms with Crippen molar-refractivity contribution in [2.24, 2.45) is 0 Å². The zero-order chi connectivity index (χ0) is 17.1. The molecule has 1 saturated heterocycles. The van der Waals surface area contributed by atoms with Crippen LogP contribution < -0.4 is 0 Å². The van der Waals surface area contributed by atoms with Crippen LogP contribution in [-0.4, -0.2) is 55.5 Å². The third-order valence-electron chi connectivity index (χ3n) is 4.12. The zero-order valence-corrected chi connectivity index (χ0v) is 14.4. The second-order valence-corrected chi connectivity index (χ2v) is 6.25. The fraction of sp³-hybridized carbons (Fsp3) is 0.625. The van der Waals surface area contributed by atoms with Gasteiger partial charge in [-0.05, 0) is 19.9 Å². The predicted molar refractivity (Wildman–Crippen MR) is 87.3 cm³/mol. The molecular formula is C16H24N6O2. The van der Waals surface area contributed by atoms with Gasteiger partial charge in [-0.3, -0.25) is 14.6 Å². The molecule has 1 amide bonds. The molecule has 1 aliphatic rings. The lowest BCUT2D eigenvalue weighted by atomic mass is 10.2. The van der Waals surface area contributed by atoms with Crippen molar-refractivity contribution in [1.29, 1.82) is 0 Å². The molecule has 1 N–H and O–H groups in total. The number of rotatable bonds is 5. The van der Waals surface area contributed by atoms with E-state index in [-0.39, 0.29) is 12.0 Å². The maximum atomic E-state index is 12.6. The van der Waals surface area contributed by atoms with Crippen LogP contribution >= 0.6 is 0 Å². The molecule has 3 heterocycles. The Morgan fingerprint density at radius 3 is 3.00 bits per heavy atom. The summed E-state index contributed by atoms with van der Waals surface area (Å²) in [6, 6.07) is 2.19. The molecule has 0 unspecified atom stereocenters. The molecular weight excluding hydrogens is 308 g/mol. The number of aryl methyl sites for hydroxylation is 1. The number of hydrogen-bond acceptors (Lipinski definition) is 5. The first kappa shape index (κ1) is 16.6. The van der Waals surface area contributed by atoms with Gasteiger partial charge in [0, 0.05) is 25.2 Å². The molecule has 3 rings (SSSR count). The van der Waals surface area contributed by atoms with Crippen LogP contribution in [0.5, 0.6) is 0 Å². The van der Waals surface area contributed by atoms with Crippen molar-refractivity contribution in [3.05, 3.63) is 29.6 Å². The Hall–Kier alpha value is -2.22. The normalized spacial score (nSPS) is 18.3. The van der Waals surface area contributed by atoms with Crippen molar-refractivity contribution in [2.75, 3.05) is 19.7 Å². The Morgan fingerprint density at radius 1 is 1.50 bits per heavy atom. The summed E-state index contributed by atoms with van der Waals surface area (Å²) in [5.74, 6) is 1.51. The fourth-order valence-electron chi connectivity index (χ4n) is 2.67. The molecule has 8 nitrogen and oxygen atoms in total. The van der Waals surface area contributed by atoms with Gasteiger partial charge in [-0.1, -0.05) is 6.92 Å². The molecule has 2 aromatic rings. The highest BCUT2D eigenvalue weighted by atomic mass is 16.5. The first-order valence-corrected chi connectivity index (χ1v) is 8.41. The van der Waals surface area contributed by atoms with Gasteiger partial charge in [-0.25, -0.2) is 4.98 Å². The topological polar surface area (TPSA) is 88.9 Å². The highest BCUT2D eigenvalue weighted by Crippen LogP contribution is 2.20. The SMILES string of the molecule is CCc1nc([C@H]2CN(C(=O)Cc3ccn(C(C)C)n3)CCO2)n[nH]1. The summed E-state index contributed by atoms with van der Waals surface area (Å²) in [5, 5.41) is 11.5. The van der Waals surface area contributed by atoms with Crippen LogP contribution in [0, 0.1) is 0 Å². The molecule has 8 heteroatoms. The number of nitrogens with zero attached hydrogens (tertiary/aromatic N) is 5. The number of aromatic amines is 1. The Bertz CT molecular complexity index is 692. The molecule has 0 aromatic carbocycles. The standard InChI is InChI=1S/C16H24N6O2/c1-4-14-17-16(19-18-14)13-10-21(7-8-24-13)15(23)9-12-5-6-22(20-12)11(2)3/h5-6,11,13H,4,7-10H2,1-3H3,(H,17,18,19)/t13-/m1/s1. The van der Waals surface area contributed by atoms with E-state index < -0.39 is 0 Å². The van der Waals surface area contributed by atoms with Gasteiger partial charge in [-0.15, -0.1) is 0 Å². The monoisotopic (exact) mass is 332 g/mol. The molecule has 0 spiro atoms. The van der Waals surface area contributed by atoms with E-state index in [0.29, 0.717) is 38.0 Å². The van der Waals surface area contributed by atoms with Crippen molar-refractivity contribution >= 4 is 5.91 Å². The van der Waals surface area contributed by atoms with Crippen molar-refractivity contribution in [2.45, 2.75) is 45.8 Å². The number of carbonyl (C=O) groups excluding carboxylic acids is 1. The lowest BCUT2D eigenvalue weighted by molar-refractivity contribution is -0.138. The van der Waals surface area contributed by atoms with Crippen LogP contribution in [0.15, 0.2) is 12.3 Å². The fourth-order valence-corrected chi connectivity index (χ4v) is 2.67. The Kier molecular flexibility index (Phi) is 4.94. The van der Waals surface area contributed by atoms with Crippen molar-refractivity contribution in [3.8, 4) is 0 Å². The minimum Gasteiger partial charge on any atom is -0.366 e. The number of aromatic nitrogens is 5. The summed E-state index contributed by atoms with van der Waals surface area (Å²) in [5.41, 5.74) is 0.794. The molecule has 130 valence electrons. The largest absolute Gasteiger partial charge is 0.366 e. The van der Waals surface area contributed by atoms with Crippen molar-refractivity contribution < 1.29 is 9.53 Å². The summed E-state index contributed by atoms with van der Waals surface area (Å²) < 4.78 is 7.60. The van der Waals surface area contributed by atoms with Gasteiger partial charge in [0.25, 0.3) is 0 Å².